The number of aryl methyl sites for hydroxylation is 1. The van der Waals surface area contributed by atoms with Crippen LogP contribution in [-0.4, -0.2) is 18.6 Å². The zero-order valence-corrected chi connectivity index (χ0v) is 8.15. The number of rotatable bonds is 3. The minimum atomic E-state index is 0.630. The molecule has 0 fully saturated rings. The first kappa shape index (κ1) is 9.49. The number of hydrogen-bond acceptors (Lipinski definition) is 2. The summed E-state index contributed by atoms with van der Waals surface area (Å²) < 4.78 is 0. The molecule has 0 bridgehead atoms. The van der Waals surface area contributed by atoms with E-state index in [1.807, 2.05) is 26.1 Å². The zero-order valence-electron chi connectivity index (χ0n) is 7.39. The summed E-state index contributed by atoms with van der Waals surface area (Å²) in [5.74, 6) is 0. The van der Waals surface area contributed by atoms with Crippen molar-refractivity contribution in [3.63, 3.8) is 0 Å². The van der Waals surface area contributed by atoms with Crippen molar-refractivity contribution in [3.8, 4) is 0 Å². The Balaban J connectivity index is 2.72. The normalized spacial score (nSPS) is 10.2. The lowest BCUT2D eigenvalue weighted by Gasteiger charge is -2.03. The molecule has 0 aliphatic heterocycles. The third kappa shape index (κ3) is 2.47. The van der Waals surface area contributed by atoms with Gasteiger partial charge in [0.2, 0.25) is 0 Å². The highest BCUT2D eigenvalue weighted by Gasteiger charge is 2.00. The Labute approximate surface area is 78.0 Å². The molecule has 1 rings (SSSR count). The van der Waals surface area contributed by atoms with Gasteiger partial charge in [0.15, 0.2) is 0 Å². The Bertz CT molecular complexity index is 261. The average molecular weight is 185 g/mol. The number of halogens is 1. The fourth-order valence-electron chi connectivity index (χ4n) is 1.00. The van der Waals surface area contributed by atoms with Crippen molar-refractivity contribution in [2.24, 2.45) is 0 Å². The second kappa shape index (κ2) is 4.43. The van der Waals surface area contributed by atoms with E-state index in [-0.39, 0.29) is 0 Å². The highest BCUT2D eigenvalue weighted by atomic mass is 35.5. The van der Waals surface area contributed by atoms with Gasteiger partial charge in [0.1, 0.15) is 5.15 Å². The first-order chi connectivity index (χ1) is 5.74. The molecule has 0 saturated carbocycles. The third-order valence-electron chi connectivity index (χ3n) is 1.71. The predicted octanol–water partition coefficient (Wildman–Crippen LogP) is 1.81. The molecule has 3 heteroatoms. The molecule has 0 atom stereocenters. The standard InChI is InChI=1S/C9H13ClN2/c1-7-3-4-8(5-6-11-2)9(10)12-7/h3-4,11H,5-6H2,1-2H3. The number of nitrogens with zero attached hydrogens (tertiary/aromatic N) is 1. The highest BCUT2D eigenvalue weighted by molar-refractivity contribution is 6.30. The lowest BCUT2D eigenvalue weighted by Crippen LogP contribution is -2.10. The van der Waals surface area contributed by atoms with Gasteiger partial charge in [0.05, 0.1) is 0 Å². The number of nitrogens with one attached hydrogen (secondary N) is 1. The summed E-state index contributed by atoms with van der Waals surface area (Å²) >= 11 is 5.93. The van der Waals surface area contributed by atoms with Gasteiger partial charge in [-0.25, -0.2) is 4.98 Å². The van der Waals surface area contributed by atoms with E-state index in [4.69, 9.17) is 11.6 Å². The van der Waals surface area contributed by atoms with E-state index in [1.54, 1.807) is 0 Å². The lowest BCUT2D eigenvalue weighted by molar-refractivity contribution is 0.789. The van der Waals surface area contributed by atoms with Crippen molar-refractivity contribution in [2.45, 2.75) is 13.3 Å². The van der Waals surface area contributed by atoms with Crippen LogP contribution < -0.4 is 5.32 Å². The largest absolute Gasteiger partial charge is 0.319 e. The van der Waals surface area contributed by atoms with Gasteiger partial charge in [0.25, 0.3) is 0 Å². The van der Waals surface area contributed by atoms with Gasteiger partial charge in [-0.05, 0) is 38.6 Å². The predicted molar refractivity (Wildman–Crippen MR) is 51.6 cm³/mol. The quantitative estimate of drug-likeness (QED) is 0.725. The average Bonchev–Trinajstić information content (AvgIpc) is 2.03. The molecule has 0 unspecified atom stereocenters. The van der Waals surface area contributed by atoms with Crippen LogP contribution in [0.2, 0.25) is 5.15 Å². The van der Waals surface area contributed by atoms with Crippen molar-refractivity contribution < 1.29 is 0 Å². The maximum Gasteiger partial charge on any atom is 0.132 e. The number of likely N-dealkylation sites (N-methyl/N-ethyl adjacent to an activating group) is 1. The lowest BCUT2D eigenvalue weighted by atomic mass is 10.2. The fraction of sp³-hybridized carbons (Fsp3) is 0.444. The molecule has 1 aromatic rings. The van der Waals surface area contributed by atoms with Crippen molar-refractivity contribution in [1.29, 1.82) is 0 Å². The third-order valence-corrected chi connectivity index (χ3v) is 2.04. The number of hydrogen-bond donors (Lipinski definition) is 1. The Morgan fingerprint density at radius 1 is 1.50 bits per heavy atom. The van der Waals surface area contributed by atoms with E-state index in [2.05, 4.69) is 10.3 Å². The Kier molecular flexibility index (Phi) is 3.50. The minimum Gasteiger partial charge on any atom is -0.319 e. The van der Waals surface area contributed by atoms with Crippen molar-refractivity contribution >= 4 is 11.6 Å². The van der Waals surface area contributed by atoms with Crippen LogP contribution in [0.5, 0.6) is 0 Å². The molecular formula is C9H13ClN2. The van der Waals surface area contributed by atoms with Crippen LogP contribution in [0.15, 0.2) is 12.1 Å². The molecule has 1 N–H and O–H groups in total. The molecule has 0 aliphatic carbocycles. The Morgan fingerprint density at radius 3 is 2.83 bits per heavy atom. The first-order valence-corrected chi connectivity index (χ1v) is 4.38. The Hall–Kier alpha value is -0.600. The van der Waals surface area contributed by atoms with E-state index in [1.165, 1.54) is 0 Å². The molecule has 0 aromatic carbocycles. The topological polar surface area (TPSA) is 24.9 Å². The zero-order chi connectivity index (χ0) is 8.97. The van der Waals surface area contributed by atoms with Gasteiger partial charge in [-0.3, -0.25) is 0 Å². The highest BCUT2D eigenvalue weighted by Crippen LogP contribution is 2.13. The van der Waals surface area contributed by atoms with Crippen LogP contribution in [0.4, 0.5) is 0 Å². The van der Waals surface area contributed by atoms with Crippen molar-refractivity contribution in [1.82, 2.24) is 10.3 Å². The molecule has 0 saturated heterocycles. The fourth-order valence-corrected chi connectivity index (χ4v) is 1.29. The summed E-state index contributed by atoms with van der Waals surface area (Å²) in [5.41, 5.74) is 2.07. The van der Waals surface area contributed by atoms with Gasteiger partial charge in [0, 0.05) is 5.69 Å². The molecule has 2 nitrogen and oxygen atoms in total. The maximum atomic E-state index is 5.93. The van der Waals surface area contributed by atoms with Crippen molar-refractivity contribution in [3.05, 3.63) is 28.5 Å². The molecule has 12 heavy (non-hydrogen) atoms. The second-order valence-corrected chi connectivity index (χ2v) is 3.11. The smallest absolute Gasteiger partial charge is 0.132 e. The minimum absolute atomic E-state index is 0.630. The SMILES string of the molecule is CNCCc1ccc(C)nc1Cl. The Morgan fingerprint density at radius 2 is 2.25 bits per heavy atom. The van der Waals surface area contributed by atoms with E-state index in [0.29, 0.717) is 5.15 Å². The van der Waals surface area contributed by atoms with Crippen LogP contribution in [0.3, 0.4) is 0 Å². The van der Waals surface area contributed by atoms with Gasteiger partial charge < -0.3 is 5.32 Å². The maximum absolute atomic E-state index is 5.93. The molecule has 0 amide bonds. The van der Waals surface area contributed by atoms with E-state index >= 15 is 0 Å². The molecule has 1 heterocycles. The molecule has 1 aromatic heterocycles. The number of pyridine rings is 1. The van der Waals surface area contributed by atoms with E-state index in [9.17, 15) is 0 Å². The monoisotopic (exact) mass is 184 g/mol. The summed E-state index contributed by atoms with van der Waals surface area (Å²) in [4.78, 5) is 4.16. The number of aromatic nitrogens is 1. The van der Waals surface area contributed by atoms with Crippen molar-refractivity contribution in [2.75, 3.05) is 13.6 Å². The molecule has 0 radical (unpaired) electrons. The summed E-state index contributed by atoms with van der Waals surface area (Å²) in [6.07, 6.45) is 0.933. The van der Waals surface area contributed by atoms with Gasteiger partial charge >= 0.3 is 0 Å². The summed E-state index contributed by atoms with van der Waals surface area (Å²) in [6.45, 7) is 2.87. The van der Waals surface area contributed by atoms with E-state index in [0.717, 1.165) is 24.2 Å². The van der Waals surface area contributed by atoms with Crippen LogP contribution in [0.1, 0.15) is 11.3 Å². The molecule has 66 valence electrons. The van der Waals surface area contributed by atoms with Crippen LogP contribution in [-0.2, 0) is 6.42 Å². The van der Waals surface area contributed by atoms with Gasteiger partial charge in [-0.1, -0.05) is 17.7 Å². The van der Waals surface area contributed by atoms with Crippen LogP contribution in [0, 0.1) is 6.92 Å². The molecular weight excluding hydrogens is 172 g/mol. The summed E-state index contributed by atoms with van der Waals surface area (Å²) in [6, 6.07) is 4.01. The molecule has 0 spiro atoms. The molecule has 0 aliphatic rings. The summed E-state index contributed by atoms with van der Waals surface area (Å²) in [5, 5.41) is 3.70. The van der Waals surface area contributed by atoms with E-state index < -0.39 is 0 Å². The van der Waals surface area contributed by atoms with Gasteiger partial charge in [-0.15, -0.1) is 0 Å². The second-order valence-electron chi connectivity index (χ2n) is 2.76. The summed E-state index contributed by atoms with van der Waals surface area (Å²) in [7, 11) is 1.93. The van der Waals surface area contributed by atoms with Crippen LogP contribution >= 0.6 is 11.6 Å². The van der Waals surface area contributed by atoms with Crippen LogP contribution in [0.25, 0.3) is 0 Å². The van der Waals surface area contributed by atoms with Gasteiger partial charge in [-0.2, -0.15) is 0 Å². The first-order valence-electron chi connectivity index (χ1n) is 4.00.